The van der Waals surface area contributed by atoms with E-state index in [9.17, 15) is 14.4 Å². The smallest absolute Gasteiger partial charge is 0.229 e. The average molecular weight is 393 g/mol. The maximum Gasteiger partial charge on any atom is 0.229 e. The summed E-state index contributed by atoms with van der Waals surface area (Å²) < 4.78 is 0. The number of hydrogen-bond donors (Lipinski definition) is 2. The fourth-order valence-electron chi connectivity index (χ4n) is 3.44. The van der Waals surface area contributed by atoms with Crippen molar-refractivity contribution in [3.05, 3.63) is 54.1 Å². The van der Waals surface area contributed by atoms with Gasteiger partial charge in [-0.1, -0.05) is 25.5 Å². The summed E-state index contributed by atoms with van der Waals surface area (Å²) in [5.41, 5.74) is 3.40. The Labute approximate surface area is 171 Å². The summed E-state index contributed by atoms with van der Waals surface area (Å²) in [6.45, 7) is 3.96. The van der Waals surface area contributed by atoms with Gasteiger partial charge in [-0.2, -0.15) is 0 Å². The normalized spacial score (nSPS) is 16.0. The number of hydrogen-bond acceptors (Lipinski definition) is 3. The highest BCUT2D eigenvalue weighted by Gasteiger charge is 2.35. The Kier molecular flexibility index (Phi) is 6.65. The molecule has 1 fully saturated rings. The van der Waals surface area contributed by atoms with E-state index in [0.29, 0.717) is 12.2 Å². The Morgan fingerprint density at radius 1 is 1.00 bits per heavy atom. The van der Waals surface area contributed by atoms with Gasteiger partial charge in [-0.3, -0.25) is 14.4 Å². The van der Waals surface area contributed by atoms with Crippen LogP contribution < -0.4 is 15.5 Å². The number of amides is 3. The molecule has 0 radical (unpaired) electrons. The lowest BCUT2D eigenvalue weighted by molar-refractivity contribution is -0.122. The molecular formula is C23H27N3O3. The van der Waals surface area contributed by atoms with Gasteiger partial charge in [-0.05, 0) is 54.8 Å². The van der Waals surface area contributed by atoms with Gasteiger partial charge in [0.25, 0.3) is 0 Å². The first-order valence-corrected chi connectivity index (χ1v) is 10.0. The molecule has 0 spiro atoms. The molecule has 6 heteroatoms. The number of unbranched alkanes of at least 4 members (excludes halogenated alkanes) is 1. The van der Waals surface area contributed by atoms with Crippen LogP contribution in [-0.4, -0.2) is 24.3 Å². The zero-order chi connectivity index (χ0) is 20.8. The number of rotatable bonds is 7. The first-order chi connectivity index (χ1) is 14.0. The Morgan fingerprint density at radius 2 is 1.62 bits per heavy atom. The standard InChI is InChI=1S/C23H27N3O3/c1-3-4-5-17-6-8-20(9-7-17)25-23(29)18-14-22(28)26(15-18)21-12-10-19(11-13-21)24-16(2)27/h6-13,18H,3-5,14-15H2,1-2H3,(H,24,27)(H,25,29). The molecule has 3 rings (SSSR count). The lowest BCUT2D eigenvalue weighted by atomic mass is 10.1. The Morgan fingerprint density at radius 3 is 2.24 bits per heavy atom. The minimum absolute atomic E-state index is 0.0765. The van der Waals surface area contributed by atoms with E-state index in [1.807, 2.05) is 24.3 Å². The van der Waals surface area contributed by atoms with Gasteiger partial charge in [-0.25, -0.2) is 0 Å². The molecule has 1 aliphatic rings. The topological polar surface area (TPSA) is 78.5 Å². The van der Waals surface area contributed by atoms with Gasteiger partial charge >= 0.3 is 0 Å². The van der Waals surface area contributed by atoms with Crippen molar-refractivity contribution >= 4 is 34.8 Å². The van der Waals surface area contributed by atoms with Crippen LogP contribution in [0.1, 0.15) is 38.7 Å². The number of nitrogens with one attached hydrogen (secondary N) is 2. The Balaban J connectivity index is 1.59. The molecule has 2 aromatic carbocycles. The van der Waals surface area contributed by atoms with E-state index in [-0.39, 0.29) is 24.1 Å². The predicted molar refractivity (Wildman–Crippen MR) is 115 cm³/mol. The van der Waals surface area contributed by atoms with Gasteiger partial charge in [0.2, 0.25) is 17.7 Å². The zero-order valence-corrected chi connectivity index (χ0v) is 16.9. The molecule has 152 valence electrons. The average Bonchev–Trinajstić information content (AvgIpc) is 3.09. The van der Waals surface area contributed by atoms with Crippen LogP contribution in [-0.2, 0) is 20.8 Å². The number of carbonyl (C=O) groups excluding carboxylic acids is 3. The number of anilines is 3. The van der Waals surface area contributed by atoms with Gasteiger partial charge in [-0.15, -0.1) is 0 Å². The third kappa shape index (κ3) is 5.44. The summed E-state index contributed by atoms with van der Waals surface area (Å²) in [5.74, 6) is -0.758. The molecule has 0 aliphatic carbocycles. The summed E-state index contributed by atoms with van der Waals surface area (Å²) in [7, 11) is 0. The molecule has 2 aromatic rings. The molecule has 1 saturated heterocycles. The summed E-state index contributed by atoms with van der Waals surface area (Å²) in [5, 5.41) is 5.62. The van der Waals surface area contributed by atoms with Crippen LogP contribution in [0, 0.1) is 5.92 Å². The van der Waals surface area contributed by atoms with Crippen LogP contribution in [0.4, 0.5) is 17.1 Å². The molecular weight excluding hydrogens is 366 g/mol. The highest BCUT2D eigenvalue weighted by Crippen LogP contribution is 2.27. The van der Waals surface area contributed by atoms with Crippen molar-refractivity contribution in [1.82, 2.24) is 0 Å². The minimum Gasteiger partial charge on any atom is -0.326 e. The monoisotopic (exact) mass is 393 g/mol. The number of benzene rings is 2. The van der Waals surface area contributed by atoms with E-state index in [2.05, 4.69) is 17.6 Å². The van der Waals surface area contributed by atoms with Crippen LogP contribution in [0.3, 0.4) is 0 Å². The fourth-order valence-corrected chi connectivity index (χ4v) is 3.44. The molecule has 0 saturated carbocycles. The molecule has 0 aromatic heterocycles. The number of carbonyl (C=O) groups is 3. The van der Waals surface area contributed by atoms with Crippen LogP contribution >= 0.6 is 0 Å². The number of aryl methyl sites for hydroxylation is 1. The van der Waals surface area contributed by atoms with Crippen molar-refractivity contribution in [3.8, 4) is 0 Å². The van der Waals surface area contributed by atoms with Crippen LogP contribution in [0.15, 0.2) is 48.5 Å². The lowest BCUT2D eigenvalue weighted by Crippen LogP contribution is -2.28. The summed E-state index contributed by atoms with van der Waals surface area (Å²) in [6, 6.07) is 14.9. The Bertz CT molecular complexity index is 875. The van der Waals surface area contributed by atoms with Crippen molar-refractivity contribution in [2.24, 2.45) is 5.92 Å². The summed E-state index contributed by atoms with van der Waals surface area (Å²) in [4.78, 5) is 37.8. The largest absolute Gasteiger partial charge is 0.326 e. The van der Waals surface area contributed by atoms with E-state index in [1.165, 1.54) is 12.5 Å². The van der Waals surface area contributed by atoms with Gasteiger partial charge < -0.3 is 15.5 Å². The van der Waals surface area contributed by atoms with Gasteiger partial charge in [0.05, 0.1) is 5.92 Å². The second-order valence-electron chi connectivity index (χ2n) is 7.42. The lowest BCUT2D eigenvalue weighted by Gasteiger charge is -2.17. The van der Waals surface area contributed by atoms with Crippen molar-refractivity contribution in [3.63, 3.8) is 0 Å². The van der Waals surface area contributed by atoms with Crippen molar-refractivity contribution < 1.29 is 14.4 Å². The van der Waals surface area contributed by atoms with Gasteiger partial charge in [0.15, 0.2) is 0 Å². The maximum absolute atomic E-state index is 12.6. The second kappa shape index (κ2) is 9.37. The molecule has 1 unspecified atom stereocenters. The van der Waals surface area contributed by atoms with Crippen molar-refractivity contribution in [2.45, 2.75) is 39.5 Å². The van der Waals surface area contributed by atoms with Crippen LogP contribution in [0.2, 0.25) is 0 Å². The highest BCUT2D eigenvalue weighted by molar-refractivity contribution is 6.03. The molecule has 2 N–H and O–H groups in total. The van der Waals surface area contributed by atoms with E-state index in [0.717, 1.165) is 30.6 Å². The zero-order valence-electron chi connectivity index (χ0n) is 16.9. The van der Waals surface area contributed by atoms with Gasteiger partial charge in [0.1, 0.15) is 0 Å². The third-order valence-electron chi connectivity index (χ3n) is 5.04. The fraction of sp³-hybridized carbons (Fsp3) is 0.348. The molecule has 1 aliphatic heterocycles. The minimum atomic E-state index is -0.391. The summed E-state index contributed by atoms with van der Waals surface area (Å²) >= 11 is 0. The van der Waals surface area contributed by atoms with Crippen LogP contribution in [0.25, 0.3) is 0 Å². The van der Waals surface area contributed by atoms with Crippen molar-refractivity contribution in [1.29, 1.82) is 0 Å². The second-order valence-corrected chi connectivity index (χ2v) is 7.42. The molecule has 1 heterocycles. The SMILES string of the molecule is CCCCc1ccc(NC(=O)C2CC(=O)N(c3ccc(NC(C)=O)cc3)C2)cc1. The third-order valence-corrected chi connectivity index (χ3v) is 5.04. The quantitative estimate of drug-likeness (QED) is 0.747. The molecule has 29 heavy (non-hydrogen) atoms. The first kappa shape index (κ1) is 20.6. The highest BCUT2D eigenvalue weighted by atomic mass is 16.2. The predicted octanol–water partition coefficient (Wildman–Crippen LogP) is 3.98. The first-order valence-electron chi connectivity index (χ1n) is 10.0. The number of nitrogens with zero attached hydrogens (tertiary/aromatic N) is 1. The van der Waals surface area contributed by atoms with Crippen molar-refractivity contribution in [2.75, 3.05) is 22.1 Å². The van der Waals surface area contributed by atoms with E-state index >= 15 is 0 Å². The van der Waals surface area contributed by atoms with E-state index < -0.39 is 5.92 Å². The maximum atomic E-state index is 12.6. The molecule has 6 nitrogen and oxygen atoms in total. The van der Waals surface area contributed by atoms with Crippen LogP contribution in [0.5, 0.6) is 0 Å². The molecule has 3 amide bonds. The van der Waals surface area contributed by atoms with Gasteiger partial charge in [0, 0.05) is 37.0 Å². The van der Waals surface area contributed by atoms with E-state index in [4.69, 9.17) is 0 Å². The Hall–Kier alpha value is -3.15. The summed E-state index contributed by atoms with van der Waals surface area (Å²) in [6.07, 6.45) is 3.53. The molecule has 0 bridgehead atoms. The van der Waals surface area contributed by atoms with E-state index in [1.54, 1.807) is 29.2 Å². The molecule has 1 atom stereocenters.